The van der Waals surface area contributed by atoms with Crippen molar-refractivity contribution in [2.45, 2.75) is 11.9 Å². The summed E-state index contributed by atoms with van der Waals surface area (Å²) in [4.78, 5) is 22.9. The highest BCUT2D eigenvalue weighted by molar-refractivity contribution is 8.00. The van der Waals surface area contributed by atoms with Crippen LogP contribution in [0.1, 0.15) is 27.0 Å². The fourth-order valence-electron chi connectivity index (χ4n) is 4.43. The minimum atomic E-state index is -0.188. The number of pyridine rings is 2. The van der Waals surface area contributed by atoms with E-state index in [1.807, 2.05) is 85.8 Å². The maximum Gasteiger partial charge on any atom is 0.175 e. The lowest BCUT2D eigenvalue weighted by molar-refractivity contribution is 0.102. The van der Waals surface area contributed by atoms with Gasteiger partial charge in [-0.15, -0.1) is 0 Å². The molecule has 0 aliphatic carbocycles. The summed E-state index contributed by atoms with van der Waals surface area (Å²) in [5.74, 6) is 0.467. The van der Waals surface area contributed by atoms with Crippen molar-refractivity contribution in [3.63, 3.8) is 0 Å². The van der Waals surface area contributed by atoms with Crippen molar-refractivity contribution < 1.29 is 9.53 Å². The maximum atomic E-state index is 13.7. The number of ether oxygens (including phenoxy) is 1. The van der Waals surface area contributed by atoms with Crippen LogP contribution < -0.4 is 10.5 Å². The number of thioether (sulfide) groups is 1. The number of carbonyl (C=O) groups excluding carboxylic acids is 1. The van der Waals surface area contributed by atoms with Crippen molar-refractivity contribution in [3.8, 4) is 40.3 Å². The van der Waals surface area contributed by atoms with E-state index < -0.39 is 0 Å². The number of nitriles is 2. The monoisotopic (exact) mass is 541 g/mol. The number of nitrogen functional groups attached to an aromatic ring is 1. The van der Waals surface area contributed by atoms with Crippen molar-refractivity contribution in [2.75, 3.05) is 18.6 Å². The van der Waals surface area contributed by atoms with Gasteiger partial charge in [0.2, 0.25) is 0 Å². The van der Waals surface area contributed by atoms with Crippen LogP contribution in [0.15, 0.2) is 83.9 Å². The summed E-state index contributed by atoms with van der Waals surface area (Å²) in [7, 11) is 1.59. The number of benzene rings is 3. The number of rotatable bonds is 7. The molecule has 7 nitrogen and oxygen atoms in total. The molecule has 0 saturated carbocycles. The van der Waals surface area contributed by atoms with Crippen LogP contribution in [0.3, 0.4) is 0 Å². The van der Waals surface area contributed by atoms with Crippen LogP contribution in [0, 0.1) is 29.6 Å². The standard InChI is InChI=1S/C32H23N5O2S/c1-19-8-10-20(11-9-19)29-25(16-33)31(35)37-32(26(29)17-34)40-18-28(38)24-15-22-14-23(39-2)12-13-27(22)36-30(24)21-6-4-3-5-7-21/h3-15H,18H2,1-2H3,(H2,35,37). The summed E-state index contributed by atoms with van der Waals surface area (Å²) in [5, 5.41) is 21.0. The lowest BCUT2D eigenvalue weighted by atomic mass is 9.96. The van der Waals surface area contributed by atoms with Crippen LogP contribution in [0.4, 0.5) is 5.82 Å². The average molecular weight is 542 g/mol. The number of ketones is 1. The molecule has 0 atom stereocenters. The minimum Gasteiger partial charge on any atom is -0.497 e. The molecule has 8 heteroatoms. The molecule has 5 rings (SSSR count). The molecule has 0 aliphatic heterocycles. The Labute approximate surface area is 235 Å². The van der Waals surface area contributed by atoms with Gasteiger partial charge in [-0.3, -0.25) is 4.79 Å². The lowest BCUT2D eigenvalue weighted by Crippen LogP contribution is -2.08. The first kappa shape index (κ1) is 26.4. The fraction of sp³-hybridized carbons (Fsp3) is 0.0938. The predicted molar refractivity (Wildman–Crippen MR) is 157 cm³/mol. The minimum absolute atomic E-state index is 0.0106. The maximum absolute atomic E-state index is 13.7. The quantitative estimate of drug-likeness (QED) is 0.181. The Morgan fingerprint density at radius 2 is 1.65 bits per heavy atom. The first-order chi connectivity index (χ1) is 19.4. The average Bonchev–Trinajstić information content (AvgIpc) is 2.99. The topological polar surface area (TPSA) is 126 Å². The van der Waals surface area contributed by atoms with Crippen LogP contribution >= 0.6 is 11.8 Å². The molecule has 194 valence electrons. The van der Waals surface area contributed by atoms with Gasteiger partial charge < -0.3 is 10.5 Å². The van der Waals surface area contributed by atoms with Crippen LogP contribution in [0.25, 0.3) is 33.3 Å². The third-order valence-electron chi connectivity index (χ3n) is 6.47. The molecule has 0 bridgehead atoms. The van der Waals surface area contributed by atoms with Gasteiger partial charge >= 0.3 is 0 Å². The zero-order valence-corrected chi connectivity index (χ0v) is 22.6. The second kappa shape index (κ2) is 11.3. The summed E-state index contributed by atoms with van der Waals surface area (Å²) in [6.45, 7) is 1.95. The molecule has 0 fully saturated rings. The molecule has 2 N–H and O–H groups in total. The number of nitrogens with zero attached hydrogens (tertiary/aromatic N) is 4. The summed E-state index contributed by atoms with van der Waals surface area (Å²) < 4.78 is 5.36. The second-order valence-corrected chi connectivity index (χ2v) is 10.0. The van der Waals surface area contributed by atoms with E-state index in [0.29, 0.717) is 33.2 Å². The van der Waals surface area contributed by atoms with Gasteiger partial charge in [0.15, 0.2) is 5.78 Å². The number of anilines is 1. The molecule has 0 amide bonds. The molecule has 3 aromatic carbocycles. The third-order valence-corrected chi connectivity index (χ3v) is 7.44. The summed E-state index contributed by atoms with van der Waals surface area (Å²) in [6, 6.07) is 28.6. The Morgan fingerprint density at radius 1 is 0.925 bits per heavy atom. The molecule has 5 aromatic rings. The van der Waals surface area contributed by atoms with Gasteiger partial charge in [0, 0.05) is 22.1 Å². The first-order valence-corrected chi connectivity index (χ1v) is 13.3. The molecular formula is C32H23N5O2S. The Kier molecular flexibility index (Phi) is 7.46. The first-order valence-electron chi connectivity index (χ1n) is 12.3. The van der Waals surface area contributed by atoms with Gasteiger partial charge in [0.25, 0.3) is 0 Å². The smallest absolute Gasteiger partial charge is 0.175 e. The largest absolute Gasteiger partial charge is 0.497 e. The van der Waals surface area contributed by atoms with E-state index in [9.17, 15) is 15.3 Å². The molecule has 0 radical (unpaired) electrons. The zero-order valence-electron chi connectivity index (χ0n) is 21.8. The van der Waals surface area contributed by atoms with E-state index in [1.165, 1.54) is 0 Å². The van der Waals surface area contributed by atoms with Crippen molar-refractivity contribution >= 4 is 34.3 Å². The molecule has 0 saturated heterocycles. The van der Waals surface area contributed by atoms with Crippen LogP contribution in [-0.2, 0) is 0 Å². The molecule has 2 aromatic heterocycles. The van der Waals surface area contributed by atoms with Crippen molar-refractivity contribution in [1.29, 1.82) is 10.5 Å². The van der Waals surface area contributed by atoms with E-state index in [4.69, 9.17) is 15.5 Å². The zero-order chi connectivity index (χ0) is 28.2. The summed E-state index contributed by atoms with van der Waals surface area (Å²) >= 11 is 1.11. The predicted octanol–water partition coefficient (Wildman–Crippen LogP) is 6.58. The number of hydrogen-bond acceptors (Lipinski definition) is 8. The highest BCUT2D eigenvalue weighted by Gasteiger charge is 2.23. The number of aromatic nitrogens is 2. The van der Waals surface area contributed by atoms with E-state index in [2.05, 4.69) is 17.1 Å². The van der Waals surface area contributed by atoms with Crippen LogP contribution in [-0.4, -0.2) is 28.6 Å². The Balaban J connectivity index is 1.56. The summed E-state index contributed by atoms with van der Waals surface area (Å²) in [6.07, 6.45) is 0. The molecule has 0 aliphatic rings. The van der Waals surface area contributed by atoms with Crippen molar-refractivity contribution in [2.24, 2.45) is 0 Å². The van der Waals surface area contributed by atoms with Crippen molar-refractivity contribution in [1.82, 2.24) is 9.97 Å². The Bertz CT molecular complexity index is 1840. The van der Waals surface area contributed by atoms with E-state index in [1.54, 1.807) is 7.11 Å². The summed E-state index contributed by atoms with van der Waals surface area (Å²) in [5.41, 5.74) is 11.2. The second-order valence-electron chi connectivity index (χ2n) is 9.04. The van der Waals surface area contributed by atoms with E-state index >= 15 is 0 Å². The van der Waals surface area contributed by atoms with Crippen LogP contribution in [0.5, 0.6) is 5.75 Å². The van der Waals surface area contributed by atoms with Gasteiger partial charge in [-0.25, -0.2) is 9.97 Å². The van der Waals surface area contributed by atoms with Gasteiger partial charge in [0.1, 0.15) is 34.3 Å². The number of Topliss-reactive ketones (excluding diaryl/α,β-unsaturated/α-hetero) is 1. The molecule has 40 heavy (non-hydrogen) atoms. The van der Waals surface area contributed by atoms with E-state index in [-0.39, 0.29) is 28.5 Å². The molecular weight excluding hydrogens is 518 g/mol. The Hall–Kier alpha value is -5.18. The third kappa shape index (κ3) is 5.09. The van der Waals surface area contributed by atoms with Gasteiger partial charge in [0.05, 0.1) is 29.6 Å². The SMILES string of the molecule is COc1ccc2nc(-c3ccccc3)c(C(=O)CSc3nc(N)c(C#N)c(-c4ccc(C)cc4)c3C#N)cc2c1. The number of carbonyl (C=O) groups is 1. The normalized spacial score (nSPS) is 10.6. The van der Waals surface area contributed by atoms with Gasteiger partial charge in [-0.2, -0.15) is 10.5 Å². The number of nitrogens with two attached hydrogens (primary N) is 1. The fourth-order valence-corrected chi connectivity index (χ4v) is 5.31. The molecule has 2 heterocycles. The van der Waals surface area contributed by atoms with Crippen LogP contribution in [0.2, 0.25) is 0 Å². The number of aryl methyl sites for hydroxylation is 1. The highest BCUT2D eigenvalue weighted by Crippen LogP contribution is 2.36. The number of hydrogen-bond donors (Lipinski definition) is 1. The van der Waals surface area contributed by atoms with Gasteiger partial charge in [-0.1, -0.05) is 71.9 Å². The number of methoxy groups -OCH3 is 1. The Morgan fingerprint density at radius 3 is 2.33 bits per heavy atom. The van der Waals surface area contributed by atoms with Crippen molar-refractivity contribution in [3.05, 3.63) is 101 Å². The molecule has 0 spiro atoms. The highest BCUT2D eigenvalue weighted by atomic mass is 32.2. The van der Waals surface area contributed by atoms with E-state index in [0.717, 1.165) is 33.8 Å². The lowest BCUT2D eigenvalue weighted by Gasteiger charge is -2.14. The number of fused-ring (bicyclic) bond motifs is 1. The molecule has 0 unspecified atom stereocenters. The van der Waals surface area contributed by atoms with Gasteiger partial charge in [-0.05, 0) is 36.8 Å².